The van der Waals surface area contributed by atoms with Crippen molar-refractivity contribution in [2.24, 2.45) is 11.7 Å². The number of amides is 1. The van der Waals surface area contributed by atoms with E-state index in [9.17, 15) is 4.79 Å². The molecule has 0 radical (unpaired) electrons. The van der Waals surface area contributed by atoms with E-state index in [-0.39, 0.29) is 30.3 Å². The van der Waals surface area contributed by atoms with Gasteiger partial charge in [0, 0.05) is 29.1 Å². The minimum absolute atomic E-state index is 0. The van der Waals surface area contributed by atoms with Gasteiger partial charge in [-0.25, -0.2) is 0 Å². The predicted octanol–water partition coefficient (Wildman–Crippen LogP) is 4.12. The molecule has 0 spiro atoms. The number of carbonyl (C=O) groups excluding carboxylic acids is 1. The standard InChI is InChI=1S/C17H25BrN2O3.ClH/c1-3-22-15-9-12(18)14(10-16(15)23-4-2)20-17(21)8-11-6-5-7-13(11)19;/h9-11,13H,3-8,19H2,1-2H3,(H,20,21);1H/t11-,13+;/m0./s1. The molecule has 1 aromatic rings. The number of rotatable bonds is 7. The summed E-state index contributed by atoms with van der Waals surface area (Å²) in [6.45, 7) is 4.92. The average Bonchev–Trinajstić information content (AvgIpc) is 2.89. The van der Waals surface area contributed by atoms with Crippen LogP contribution in [0.1, 0.15) is 39.5 Å². The molecule has 1 aromatic carbocycles. The molecule has 1 fully saturated rings. The molecule has 1 saturated carbocycles. The summed E-state index contributed by atoms with van der Waals surface area (Å²) >= 11 is 3.48. The van der Waals surface area contributed by atoms with Crippen molar-refractivity contribution in [1.82, 2.24) is 0 Å². The van der Waals surface area contributed by atoms with Gasteiger partial charge in [0.2, 0.25) is 5.91 Å². The number of anilines is 1. The van der Waals surface area contributed by atoms with Crippen LogP contribution in [0.25, 0.3) is 0 Å². The van der Waals surface area contributed by atoms with Crippen LogP contribution in [0.5, 0.6) is 11.5 Å². The summed E-state index contributed by atoms with van der Waals surface area (Å²) in [5.41, 5.74) is 6.73. The Morgan fingerprint density at radius 3 is 2.42 bits per heavy atom. The Hall–Kier alpha value is -0.980. The first-order valence-electron chi connectivity index (χ1n) is 8.19. The van der Waals surface area contributed by atoms with Crippen LogP contribution in [0.4, 0.5) is 5.69 Å². The van der Waals surface area contributed by atoms with Crippen LogP contribution in [0.15, 0.2) is 16.6 Å². The molecule has 0 heterocycles. The molecular weight excluding hydrogens is 396 g/mol. The van der Waals surface area contributed by atoms with Crippen molar-refractivity contribution in [2.45, 2.75) is 45.6 Å². The predicted molar refractivity (Wildman–Crippen MR) is 102 cm³/mol. The molecule has 5 nitrogen and oxygen atoms in total. The van der Waals surface area contributed by atoms with Gasteiger partial charge >= 0.3 is 0 Å². The highest BCUT2D eigenvalue weighted by molar-refractivity contribution is 9.10. The zero-order valence-corrected chi connectivity index (χ0v) is 16.5. The van der Waals surface area contributed by atoms with E-state index in [1.807, 2.05) is 19.9 Å². The number of hydrogen-bond donors (Lipinski definition) is 2. The summed E-state index contributed by atoms with van der Waals surface area (Å²) < 4.78 is 11.9. The molecule has 0 saturated heterocycles. The average molecular weight is 422 g/mol. The second-order valence-corrected chi connectivity index (χ2v) is 6.61. The van der Waals surface area contributed by atoms with Crippen LogP contribution < -0.4 is 20.5 Å². The number of nitrogens with one attached hydrogen (secondary N) is 1. The molecular formula is C17H26BrClN2O3. The summed E-state index contributed by atoms with van der Waals surface area (Å²) in [4.78, 5) is 12.3. The lowest BCUT2D eigenvalue weighted by Gasteiger charge is -2.17. The topological polar surface area (TPSA) is 73.6 Å². The van der Waals surface area contributed by atoms with Crippen molar-refractivity contribution in [1.29, 1.82) is 0 Å². The Labute approximate surface area is 158 Å². The van der Waals surface area contributed by atoms with Crippen molar-refractivity contribution in [3.8, 4) is 11.5 Å². The van der Waals surface area contributed by atoms with E-state index in [1.54, 1.807) is 6.07 Å². The minimum Gasteiger partial charge on any atom is -0.490 e. The molecule has 0 aliphatic heterocycles. The van der Waals surface area contributed by atoms with Crippen LogP contribution in [0.2, 0.25) is 0 Å². The highest BCUT2D eigenvalue weighted by Gasteiger charge is 2.26. The molecule has 1 aliphatic carbocycles. The van der Waals surface area contributed by atoms with Crippen molar-refractivity contribution in [3.63, 3.8) is 0 Å². The third kappa shape index (κ3) is 5.53. The molecule has 0 bridgehead atoms. The maximum atomic E-state index is 12.3. The Morgan fingerprint density at radius 2 is 1.88 bits per heavy atom. The third-order valence-corrected chi connectivity index (χ3v) is 4.73. The monoisotopic (exact) mass is 420 g/mol. The quantitative estimate of drug-likeness (QED) is 0.694. The second kappa shape index (κ2) is 10.1. The maximum absolute atomic E-state index is 12.3. The smallest absolute Gasteiger partial charge is 0.224 e. The SMILES string of the molecule is CCOc1cc(Br)c(NC(=O)C[C@@H]2CCC[C@H]2N)cc1OCC.Cl. The number of benzene rings is 1. The lowest BCUT2D eigenvalue weighted by atomic mass is 10.00. The van der Waals surface area contributed by atoms with E-state index < -0.39 is 0 Å². The van der Waals surface area contributed by atoms with E-state index >= 15 is 0 Å². The van der Waals surface area contributed by atoms with E-state index in [0.29, 0.717) is 36.8 Å². The van der Waals surface area contributed by atoms with Gasteiger partial charge in [-0.3, -0.25) is 4.79 Å². The van der Waals surface area contributed by atoms with E-state index in [0.717, 1.165) is 23.7 Å². The summed E-state index contributed by atoms with van der Waals surface area (Å²) in [6, 6.07) is 3.76. The first kappa shape index (κ1) is 21.1. The molecule has 1 amide bonds. The van der Waals surface area contributed by atoms with Crippen LogP contribution in [0, 0.1) is 5.92 Å². The van der Waals surface area contributed by atoms with Gasteiger partial charge in [0.1, 0.15) is 0 Å². The van der Waals surface area contributed by atoms with Crippen molar-refractivity contribution in [3.05, 3.63) is 16.6 Å². The highest BCUT2D eigenvalue weighted by Crippen LogP contribution is 2.37. The number of nitrogens with two attached hydrogens (primary N) is 1. The lowest BCUT2D eigenvalue weighted by Crippen LogP contribution is -2.28. The van der Waals surface area contributed by atoms with Crippen LogP contribution in [-0.2, 0) is 4.79 Å². The molecule has 0 aromatic heterocycles. The number of hydrogen-bond acceptors (Lipinski definition) is 4. The number of carbonyl (C=O) groups is 1. The zero-order valence-electron chi connectivity index (χ0n) is 14.1. The normalized spacial score (nSPS) is 19.5. The van der Waals surface area contributed by atoms with Gasteiger partial charge in [0.05, 0.1) is 18.9 Å². The molecule has 7 heteroatoms. The van der Waals surface area contributed by atoms with Crippen molar-refractivity contribution >= 4 is 39.9 Å². The molecule has 2 rings (SSSR count). The van der Waals surface area contributed by atoms with Gasteiger partial charge in [-0.2, -0.15) is 0 Å². The fraction of sp³-hybridized carbons (Fsp3) is 0.588. The fourth-order valence-corrected chi connectivity index (χ4v) is 3.35. The molecule has 24 heavy (non-hydrogen) atoms. The Morgan fingerprint density at radius 1 is 1.25 bits per heavy atom. The minimum atomic E-state index is -0.0142. The first-order valence-corrected chi connectivity index (χ1v) is 8.99. The van der Waals surface area contributed by atoms with Crippen molar-refractivity contribution < 1.29 is 14.3 Å². The van der Waals surface area contributed by atoms with Crippen LogP contribution >= 0.6 is 28.3 Å². The van der Waals surface area contributed by atoms with Gasteiger partial charge in [-0.1, -0.05) is 6.42 Å². The van der Waals surface area contributed by atoms with E-state index in [4.69, 9.17) is 15.2 Å². The third-order valence-electron chi connectivity index (χ3n) is 4.07. The molecule has 1 aliphatic rings. The largest absolute Gasteiger partial charge is 0.490 e. The molecule has 136 valence electrons. The van der Waals surface area contributed by atoms with Crippen LogP contribution in [-0.4, -0.2) is 25.2 Å². The van der Waals surface area contributed by atoms with Gasteiger partial charge in [0.25, 0.3) is 0 Å². The maximum Gasteiger partial charge on any atom is 0.224 e. The second-order valence-electron chi connectivity index (χ2n) is 5.75. The summed E-state index contributed by atoms with van der Waals surface area (Å²) in [5.74, 6) is 1.56. The lowest BCUT2D eigenvalue weighted by molar-refractivity contribution is -0.117. The summed E-state index contributed by atoms with van der Waals surface area (Å²) in [6.07, 6.45) is 3.62. The van der Waals surface area contributed by atoms with Gasteiger partial charge < -0.3 is 20.5 Å². The number of ether oxygens (including phenoxy) is 2. The van der Waals surface area contributed by atoms with Crippen LogP contribution in [0.3, 0.4) is 0 Å². The summed E-state index contributed by atoms with van der Waals surface area (Å²) in [5, 5.41) is 2.95. The Kier molecular flexibility index (Phi) is 8.87. The van der Waals surface area contributed by atoms with Crippen molar-refractivity contribution in [2.75, 3.05) is 18.5 Å². The van der Waals surface area contributed by atoms with E-state index in [1.165, 1.54) is 0 Å². The molecule has 2 atom stereocenters. The number of halogens is 2. The Balaban J connectivity index is 0.00000288. The van der Waals surface area contributed by atoms with E-state index in [2.05, 4.69) is 21.2 Å². The molecule has 0 unspecified atom stereocenters. The van der Waals surface area contributed by atoms with Gasteiger partial charge in [0.15, 0.2) is 11.5 Å². The Bertz CT molecular complexity index is 557. The highest BCUT2D eigenvalue weighted by atomic mass is 79.9. The fourth-order valence-electron chi connectivity index (χ4n) is 2.93. The van der Waals surface area contributed by atoms with Gasteiger partial charge in [-0.15, -0.1) is 12.4 Å². The van der Waals surface area contributed by atoms with Gasteiger partial charge in [-0.05, 0) is 48.5 Å². The first-order chi connectivity index (χ1) is 11.0. The zero-order chi connectivity index (χ0) is 16.8. The summed E-state index contributed by atoms with van der Waals surface area (Å²) in [7, 11) is 0. The molecule has 3 N–H and O–H groups in total.